The van der Waals surface area contributed by atoms with Gasteiger partial charge in [0.05, 0.1) is 12.6 Å². The Balaban J connectivity index is 2.23. The fourth-order valence-electron chi connectivity index (χ4n) is 2.04. The largest absolute Gasteiger partial charge is 0.379 e. The van der Waals surface area contributed by atoms with Crippen molar-refractivity contribution in [2.45, 2.75) is 39.7 Å². The van der Waals surface area contributed by atoms with Gasteiger partial charge >= 0.3 is 0 Å². The predicted molar refractivity (Wildman–Crippen MR) is 73.2 cm³/mol. The van der Waals surface area contributed by atoms with Gasteiger partial charge in [-0.2, -0.15) is 0 Å². The Labute approximate surface area is 108 Å². The van der Waals surface area contributed by atoms with E-state index in [1.807, 2.05) is 0 Å². The minimum absolute atomic E-state index is 0.373. The highest BCUT2D eigenvalue weighted by atomic mass is 16.5. The molecule has 1 aromatic rings. The summed E-state index contributed by atoms with van der Waals surface area (Å²) < 4.78 is 5.38. The molecule has 1 saturated heterocycles. The minimum Gasteiger partial charge on any atom is -0.379 e. The van der Waals surface area contributed by atoms with E-state index in [0.29, 0.717) is 6.04 Å². The fourth-order valence-corrected chi connectivity index (χ4v) is 2.04. The molecule has 2 N–H and O–H groups in total. The Morgan fingerprint density at radius 2 is 2.06 bits per heavy atom. The molecule has 2 rings (SSSR count). The van der Waals surface area contributed by atoms with Crippen molar-refractivity contribution >= 4 is 11.6 Å². The summed E-state index contributed by atoms with van der Waals surface area (Å²) in [7, 11) is 0. The number of aromatic nitrogens is 2. The smallest absolute Gasteiger partial charge is 0.135 e. The Morgan fingerprint density at radius 1 is 1.28 bits per heavy atom. The molecule has 0 saturated carbocycles. The molecular formula is C13H22N4O. The maximum Gasteiger partial charge on any atom is 0.135 e. The van der Waals surface area contributed by atoms with Crippen molar-refractivity contribution in [2.24, 2.45) is 0 Å². The number of anilines is 2. The summed E-state index contributed by atoms with van der Waals surface area (Å²) in [6.07, 6.45) is 1.88. The molecule has 1 aliphatic rings. The Hall–Kier alpha value is -1.36. The second-order valence-corrected chi connectivity index (χ2v) is 4.55. The van der Waals surface area contributed by atoms with Gasteiger partial charge in [0, 0.05) is 25.1 Å². The third kappa shape index (κ3) is 2.90. The van der Waals surface area contributed by atoms with Crippen LogP contribution in [0.5, 0.6) is 0 Å². The van der Waals surface area contributed by atoms with Crippen LogP contribution in [0.3, 0.4) is 0 Å². The van der Waals surface area contributed by atoms with Crippen LogP contribution in [0.25, 0.3) is 0 Å². The standard InChI is InChI=1S/C13H22N4O/c1-4-11-16-12(14-5-2)9(3)13(17-11)15-10-6-7-18-8-10/h10H,4-8H2,1-3H3,(H2,14,15,16,17). The normalized spacial score (nSPS) is 18.9. The van der Waals surface area contributed by atoms with Crippen LogP contribution in [0.15, 0.2) is 0 Å². The molecule has 2 heterocycles. The predicted octanol–water partition coefficient (Wildman–Crippen LogP) is 1.98. The topological polar surface area (TPSA) is 59.1 Å². The first kappa shape index (κ1) is 13.1. The molecule has 0 aliphatic carbocycles. The lowest BCUT2D eigenvalue weighted by Gasteiger charge is -2.17. The number of hydrogen-bond acceptors (Lipinski definition) is 5. The van der Waals surface area contributed by atoms with Gasteiger partial charge in [0.15, 0.2) is 0 Å². The average molecular weight is 250 g/mol. The molecule has 1 unspecified atom stereocenters. The Morgan fingerprint density at radius 3 is 2.67 bits per heavy atom. The highest BCUT2D eigenvalue weighted by molar-refractivity contribution is 5.57. The second kappa shape index (κ2) is 6.00. The number of ether oxygens (including phenoxy) is 1. The Bertz CT molecular complexity index is 402. The maximum atomic E-state index is 5.38. The molecule has 5 heteroatoms. The van der Waals surface area contributed by atoms with Gasteiger partial charge in [-0.05, 0) is 20.3 Å². The number of nitrogens with one attached hydrogen (secondary N) is 2. The Kier molecular flexibility index (Phi) is 4.36. The summed E-state index contributed by atoms with van der Waals surface area (Å²) in [6.45, 7) is 8.67. The van der Waals surface area contributed by atoms with Gasteiger partial charge in [-0.1, -0.05) is 6.92 Å². The van der Waals surface area contributed by atoms with Gasteiger partial charge in [0.25, 0.3) is 0 Å². The molecule has 1 fully saturated rings. The van der Waals surface area contributed by atoms with Crippen LogP contribution in [-0.2, 0) is 11.2 Å². The first-order chi connectivity index (χ1) is 8.74. The van der Waals surface area contributed by atoms with Crippen LogP contribution in [0.2, 0.25) is 0 Å². The highest BCUT2D eigenvalue weighted by Gasteiger charge is 2.18. The molecule has 0 bridgehead atoms. The zero-order valence-electron chi connectivity index (χ0n) is 11.4. The summed E-state index contributed by atoms with van der Waals surface area (Å²) in [4.78, 5) is 9.10. The maximum absolute atomic E-state index is 5.38. The molecule has 0 aromatic carbocycles. The van der Waals surface area contributed by atoms with E-state index in [-0.39, 0.29) is 0 Å². The number of aryl methyl sites for hydroxylation is 1. The zero-order valence-corrected chi connectivity index (χ0v) is 11.4. The van der Waals surface area contributed by atoms with E-state index in [2.05, 4.69) is 41.4 Å². The molecule has 1 atom stereocenters. The first-order valence-electron chi connectivity index (χ1n) is 6.70. The van der Waals surface area contributed by atoms with Crippen molar-refractivity contribution in [2.75, 3.05) is 30.4 Å². The van der Waals surface area contributed by atoms with Crippen LogP contribution in [0.4, 0.5) is 11.6 Å². The van der Waals surface area contributed by atoms with E-state index in [9.17, 15) is 0 Å². The van der Waals surface area contributed by atoms with Crippen molar-refractivity contribution in [3.63, 3.8) is 0 Å². The molecule has 0 spiro atoms. The SMILES string of the molecule is CCNc1nc(CC)nc(NC2CCOC2)c1C. The molecule has 1 aliphatic heterocycles. The van der Waals surface area contributed by atoms with E-state index >= 15 is 0 Å². The summed E-state index contributed by atoms with van der Waals surface area (Å²) >= 11 is 0. The average Bonchev–Trinajstić information content (AvgIpc) is 2.87. The minimum atomic E-state index is 0.373. The summed E-state index contributed by atoms with van der Waals surface area (Å²) in [5.41, 5.74) is 1.08. The van der Waals surface area contributed by atoms with Crippen LogP contribution >= 0.6 is 0 Å². The molecule has 18 heavy (non-hydrogen) atoms. The first-order valence-corrected chi connectivity index (χ1v) is 6.70. The van der Waals surface area contributed by atoms with Crippen LogP contribution in [0, 0.1) is 6.92 Å². The van der Waals surface area contributed by atoms with E-state index in [1.165, 1.54) is 0 Å². The van der Waals surface area contributed by atoms with Crippen LogP contribution in [0.1, 0.15) is 31.7 Å². The highest BCUT2D eigenvalue weighted by Crippen LogP contribution is 2.22. The zero-order chi connectivity index (χ0) is 13.0. The third-order valence-corrected chi connectivity index (χ3v) is 3.12. The third-order valence-electron chi connectivity index (χ3n) is 3.12. The molecule has 0 radical (unpaired) electrons. The molecule has 1 aromatic heterocycles. The van der Waals surface area contributed by atoms with E-state index < -0.39 is 0 Å². The van der Waals surface area contributed by atoms with Crippen molar-refractivity contribution in [1.82, 2.24) is 9.97 Å². The summed E-state index contributed by atoms with van der Waals surface area (Å²) in [5, 5.41) is 6.76. The second-order valence-electron chi connectivity index (χ2n) is 4.55. The van der Waals surface area contributed by atoms with E-state index in [1.54, 1.807) is 0 Å². The van der Waals surface area contributed by atoms with Crippen LogP contribution < -0.4 is 10.6 Å². The van der Waals surface area contributed by atoms with Crippen molar-refractivity contribution in [3.05, 3.63) is 11.4 Å². The summed E-state index contributed by atoms with van der Waals surface area (Å²) in [5.74, 6) is 2.75. The number of hydrogen-bond donors (Lipinski definition) is 2. The lowest BCUT2D eigenvalue weighted by molar-refractivity contribution is 0.195. The van der Waals surface area contributed by atoms with Gasteiger partial charge in [-0.3, -0.25) is 0 Å². The van der Waals surface area contributed by atoms with E-state index in [4.69, 9.17) is 4.74 Å². The fraction of sp³-hybridized carbons (Fsp3) is 0.692. The lowest BCUT2D eigenvalue weighted by Crippen LogP contribution is -2.21. The lowest BCUT2D eigenvalue weighted by atomic mass is 10.2. The van der Waals surface area contributed by atoms with E-state index in [0.717, 1.165) is 55.6 Å². The molecule has 5 nitrogen and oxygen atoms in total. The quantitative estimate of drug-likeness (QED) is 0.837. The molecule has 0 amide bonds. The van der Waals surface area contributed by atoms with Crippen molar-refractivity contribution < 1.29 is 4.74 Å². The van der Waals surface area contributed by atoms with Gasteiger partial charge in [-0.15, -0.1) is 0 Å². The summed E-state index contributed by atoms with van der Waals surface area (Å²) in [6, 6.07) is 0.373. The number of rotatable bonds is 5. The van der Waals surface area contributed by atoms with Crippen molar-refractivity contribution in [3.8, 4) is 0 Å². The molecule has 100 valence electrons. The van der Waals surface area contributed by atoms with Gasteiger partial charge in [0.1, 0.15) is 17.5 Å². The van der Waals surface area contributed by atoms with Gasteiger partial charge < -0.3 is 15.4 Å². The van der Waals surface area contributed by atoms with Gasteiger partial charge in [-0.25, -0.2) is 9.97 Å². The van der Waals surface area contributed by atoms with Crippen LogP contribution in [-0.4, -0.2) is 35.8 Å². The molecular weight excluding hydrogens is 228 g/mol. The number of nitrogens with zero attached hydrogens (tertiary/aromatic N) is 2. The van der Waals surface area contributed by atoms with Gasteiger partial charge in [0.2, 0.25) is 0 Å². The van der Waals surface area contributed by atoms with Crippen molar-refractivity contribution in [1.29, 1.82) is 0 Å². The monoisotopic (exact) mass is 250 g/mol.